The molecule has 338 valence electrons. The summed E-state index contributed by atoms with van der Waals surface area (Å²) in [4.78, 5) is 57.2. The first kappa shape index (κ1) is 43.8. The van der Waals surface area contributed by atoms with Gasteiger partial charge in [-0.2, -0.15) is 0 Å². The van der Waals surface area contributed by atoms with Crippen LogP contribution in [-0.2, 0) is 48.0 Å². The van der Waals surface area contributed by atoms with Gasteiger partial charge in [0.25, 0.3) is 5.91 Å². The number of aromatic nitrogens is 3. The Morgan fingerprint density at radius 1 is 1.08 bits per heavy atom. The number of carbonyl (C=O) groups excluding carboxylic acids is 3. The zero-order chi connectivity index (χ0) is 42.9. The van der Waals surface area contributed by atoms with Crippen LogP contribution in [-0.4, -0.2) is 125 Å². The summed E-state index contributed by atoms with van der Waals surface area (Å²) in [6, 6.07) is 8.11. The first-order chi connectivity index (χ1) is 30.0. The van der Waals surface area contributed by atoms with Crippen LogP contribution in [0.2, 0.25) is 0 Å². The van der Waals surface area contributed by atoms with E-state index in [4.69, 9.17) is 24.2 Å². The Morgan fingerprint density at radius 3 is 2.59 bits per heavy atom. The standard InChI is InChI=1S/C47H60N8O6S.H2O/c1-6-54-39-12-9-28-18-31(39)33(43(54)32-19-30(22-48-42(32)27(2)59-5)53-16-14-52(15-17-53)29-10-11-29)21-47(3,4)26-61-46(58)36-8-7-13-55(51-36)45(57)37(20-40-49-38(28)25-62-40)50-44(56)41-34-23-60-24-35(34)41;/h9,12,18-19,22,25,27,29,34-37,41,51H,6-8,10-11,13-17,20-21,23-24,26H2,1-5H3,(H,50,56);1H2/t27-,34-,35+,36-,37-,41?;/m0./s1. The van der Waals surface area contributed by atoms with Crippen LogP contribution >= 0.6 is 11.3 Å². The average Bonchev–Trinajstić information content (AvgIpc) is 4.11. The Labute approximate surface area is 373 Å². The van der Waals surface area contributed by atoms with Crippen molar-refractivity contribution in [3.05, 3.63) is 52.1 Å². The number of piperazine rings is 1. The minimum absolute atomic E-state index is 0. The van der Waals surface area contributed by atoms with Gasteiger partial charge in [-0.25, -0.2) is 10.4 Å². The maximum atomic E-state index is 14.3. The number of fused-ring (bicyclic) bond motifs is 7. The molecule has 3 saturated heterocycles. The summed E-state index contributed by atoms with van der Waals surface area (Å²) >= 11 is 1.49. The van der Waals surface area contributed by atoms with E-state index in [1.165, 1.54) is 29.2 Å². The van der Waals surface area contributed by atoms with Gasteiger partial charge in [0, 0.05) is 97.6 Å². The van der Waals surface area contributed by atoms with Gasteiger partial charge >= 0.3 is 5.97 Å². The van der Waals surface area contributed by atoms with Crippen molar-refractivity contribution in [2.45, 2.75) is 97.0 Å². The quantitative estimate of drug-likeness (QED) is 0.238. The lowest BCUT2D eigenvalue weighted by Gasteiger charge is -2.36. The van der Waals surface area contributed by atoms with Crippen molar-refractivity contribution in [1.29, 1.82) is 0 Å². The van der Waals surface area contributed by atoms with E-state index in [-0.39, 0.29) is 60.1 Å². The number of nitrogens with one attached hydrogen (secondary N) is 2. The molecule has 1 unspecified atom stereocenters. The summed E-state index contributed by atoms with van der Waals surface area (Å²) in [7, 11) is 1.74. The number of amides is 2. The van der Waals surface area contributed by atoms with E-state index in [9.17, 15) is 14.4 Å². The van der Waals surface area contributed by atoms with Gasteiger partial charge in [0.1, 0.15) is 12.1 Å². The molecule has 2 saturated carbocycles. The summed E-state index contributed by atoms with van der Waals surface area (Å²) in [5.74, 6) is -0.521. The molecule has 6 aliphatic rings. The summed E-state index contributed by atoms with van der Waals surface area (Å²) in [6.07, 6.45) is 6.42. The van der Waals surface area contributed by atoms with Crippen molar-refractivity contribution in [2.75, 3.05) is 64.6 Å². The normalized spacial score (nSPS) is 26.7. The number of carbonyl (C=O) groups is 3. The zero-order valence-corrected chi connectivity index (χ0v) is 38.0. The second-order valence-corrected chi connectivity index (χ2v) is 20.0. The lowest BCUT2D eigenvalue weighted by molar-refractivity contribution is -0.155. The van der Waals surface area contributed by atoms with Gasteiger partial charge in [0.05, 0.1) is 59.9 Å². The van der Waals surface area contributed by atoms with Gasteiger partial charge in [-0.15, -0.1) is 11.3 Å². The summed E-state index contributed by atoms with van der Waals surface area (Å²) < 4.78 is 20.1. The Kier molecular flexibility index (Phi) is 12.2. The fourth-order valence-electron chi connectivity index (χ4n) is 10.5. The van der Waals surface area contributed by atoms with Crippen molar-refractivity contribution >= 4 is 45.7 Å². The second-order valence-electron chi connectivity index (χ2n) is 19.1. The molecule has 3 aromatic heterocycles. The Hall–Kier alpha value is -4.45. The largest absolute Gasteiger partial charge is 0.464 e. The number of anilines is 1. The molecule has 16 heteroatoms. The van der Waals surface area contributed by atoms with Gasteiger partial charge in [-0.05, 0) is 81.5 Å². The van der Waals surface area contributed by atoms with Crippen LogP contribution in [0.3, 0.4) is 0 Å². The van der Waals surface area contributed by atoms with E-state index < -0.39 is 17.5 Å². The molecule has 7 heterocycles. The third-order valence-corrected chi connectivity index (χ3v) is 15.1. The van der Waals surface area contributed by atoms with Crippen LogP contribution in [0.25, 0.3) is 33.4 Å². The lowest BCUT2D eigenvalue weighted by Crippen LogP contribution is -2.60. The number of hydrogen-bond acceptors (Lipinski definition) is 12. The summed E-state index contributed by atoms with van der Waals surface area (Å²) in [5.41, 5.74) is 10.9. The molecule has 0 radical (unpaired) electrons. The Morgan fingerprint density at radius 2 is 1.86 bits per heavy atom. The molecule has 6 bridgehead atoms. The van der Waals surface area contributed by atoms with Crippen LogP contribution in [0.15, 0.2) is 35.8 Å². The lowest BCUT2D eigenvalue weighted by atomic mass is 9.84. The minimum Gasteiger partial charge on any atom is -0.464 e. The van der Waals surface area contributed by atoms with Gasteiger partial charge in [-0.1, -0.05) is 19.9 Å². The Balaban J connectivity index is 0.00000504. The monoisotopic (exact) mass is 882 g/mol. The highest BCUT2D eigenvalue weighted by atomic mass is 32.1. The number of hydrazine groups is 1. The number of methoxy groups -OCH3 is 1. The maximum absolute atomic E-state index is 14.3. The number of rotatable bonds is 8. The van der Waals surface area contributed by atoms with E-state index in [0.29, 0.717) is 39.0 Å². The number of aryl methyl sites for hydroxylation is 1. The van der Waals surface area contributed by atoms with Crippen LogP contribution in [0, 0.1) is 23.2 Å². The molecule has 2 aliphatic carbocycles. The second kappa shape index (κ2) is 17.5. The van der Waals surface area contributed by atoms with Crippen molar-refractivity contribution in [3.8, 4) is 22.5 Å². The maximum Gasteiger partial charge on any atom is 0.324 e. The van der Waals surface area contributed by atoms with E-state index >= 15 is 0 Å². The Bertz CT molecular complexity index is 2360. The van der Waals surface area contributed by atoms with E-state index in [1.807, 2.05) is 6.20 Å². The highest BCUT2D eigenvalue weighted by molar-refractivity contribution is 7.10. The van der Waals surface area contributed by atoms with E-state index in [2.05, 4.69) is 82.4 Å². The molecule has 4 N–H and O–H groups in total. The van der Waals surface area contributed by atoms with Crippen molar-refractivity contribution in [1.82, 2.24) is 35.2 Å². The average molecular weight is 883 g/mol. The van der Waals surface area contributed by atoms with Crippen molar-refractivity contribution < 1.29 is 34.1 Å². The molecular formula is C47H62N8O7S. The van der Waals surface area contributed by atoms with Gasteiger partial charge in [-0.3, -0.25) is 29.3 Å². The third kappa shape index (κ3) is 8.50. The van der Waals surface area contributed by atoms with Gasteiger partial charge in [0.15, 0.2) is 0 Å². The number of pyridine rings is 1. The molecule has 63 heavy (non-hydrogen) atoms. The van der Waals surface area contributed by atoms with Crippen LogP contribution in [0.4, 0.5) is 5.69 Å². The molecule has 10 rings (SSSR count). The molecule has 0 spiro atoms. The molecule has 4 aliphatic heterocycles. The highest BCUT2D eigenvalue weighted by Crippen LogP contribution is 2.51. The topological polar surface area (TPSA) is 175 Å². The number of benzene rings is 1. The SMILES string of the molecule is CCn1c(-c2cc(N3CCN(C4CC4)CC3)cnc2[C@H](C)OC)c2c3cc(ccc31)-c1csc(n1)C[C@H](NC(=O)C1[C@H]3COC[C@@H]13)C(=O)N1CCC[C@H](N1)C(=O)OCC(C)(C)C2.O. The fourth-order valence-corrected chi connectivity index (χ4v) is 11.3. The number of cyclic esters (lactones) is 1. The van der Waals surface area contributed by atoms with Crippen LogP contribution < -0.4 is 15.6 Å². The minimum atomic E-state index is -0.853. The highest BCUT2D eigenvalue weighted by Gasteiger charge is 2.58. The first-order valence-corrected chi connectivity index (χ1v) is 23.6. The predicted molar refractivity (Wildman–Crippen MR) is 241 cm³/mol. The molecule has 2 amide bonds. The third-order valence-electron chi connectivity index (χ3n) is 14.2. The molecule has 6 atom stereocenters. The molecule has 1 aromatic carbocycles. The van der Waals surface area contributed by atoms with Crippen molar-refractivity contribution in [3.63, 3.8) is 0 Å². The van der Waals surface area contributed by atoms with Crippen LogP contribution in [0.5, 0.6) is 0 Å². The van der Waals surface area contributed by atoms with Gasteiger partial charge < -0.3 is 34.5 Å². The van der Waals surface area contributed by atoms with Crippen LogP contribution in [0.1, 0.15) is 75.7 Å². The number of ether oxygens (including phenoxy) is 3. The first-order valence-electron chi connectivity index (χ1n) is 22.7. The number of nitrogens with zero attached hydrogens (tertiary/aromatic N) is 6. The summed E-state index contributed by atoms with van der Waals surface area (Å²) in [6.45, 7) is 15.1. The predicted octanol–water partition coefficient (Wildman–Crippen LogP) is 4.55. The molecule has 15 nitrogen and oxygen atoms in total. The molecular weight excluding hydrogens is 821 g/mol. The number of hydrogen-bond donors (Lipinski definition) is 2. The van der Waals surface area contributed by atoms with Crippen molar-refractivity contribution in [2.24, 2.45) is 23.2 Å². The molecule has 5 fully saturated rings. The zero-order valence-electron chi connectivity index (χ0n) is 37.2. The van der Waals surface area contributed by atoms with E-state index in [1.54, 1.807) is 7.11 Å². The number of thiazole rings is 1. The van der Waals surface area contributed by atoms with Gasteiger partial charge in [0.2, 0.25) is 5.91 Å². The smallest absolute Gasteiger partial charge is 0.324 e. The number of esters is 1. The van der Waals surface area contributed by atoms with E-state index in [0.717, 1.165) is 94.1 Å². The fraction of sp³-hybridized carbons (Fsp3) is 0.596. The summed E-state index contributed by atoms with van der Waals surface area (Å²) in [5, 5.41) is 8.52. The molecule has 4 aromatic rings.